The van der Waals surface area contributed by atoms with Crippen molar-refractivity contribution in [2.24, 2.45) is 0 Å². The van der Waals surface area contributed by atoms with Crippen LogP contribution in [0.2, 0.25) is 0 Å². The van der Waals surface area contributed by atoms with Crippen LogP contribution in [0.3, 0.4) is 0 Å². The summed E-state index contributed by atoms with van der Waals surface area (Å²) in [4.78, 5) is 19.9. The van der Waals surface area contributed by atoms with Crippen molar-refractivity contribution in [3.05, 3.63) is 52.4 Å². The number of pyridine rings is 2. The normalized spacial score (nSPS) is 9.63. The molecule has 0 aliphatic rings. The van der Waals surface area contributed by atoms with Crippen molar-refractivity contribution in [3.63, 3.8) is 0 Å². The third-order valence-electron chi connectivity index (χ3n) is 2.70. The van der Waals surface area contributed by atoms with Gasteiger partial charge in [0, 0.05) is 43.5 Å². The second kappa shape index (κ2) is 6.92. The molecule has 0 aliphatic heterocycles. The van der Waals surface area contributed by atoms with Crippen LogP contribution in [-0.4, -0.2) is 4.98 Å². The number of aryl methyl sites for hydroxylation is 1. The molecule has 3 rings (SSSR count). The number of rotatable bonds is 0. The molecule has 0 aliphatic carbocycles. The molecule has 4 heteroatoms. The van der Waals surface area contributed by atoms with Gasteiger partial charge in [0.15, 0.2) is 0 Å². The zero-order valence-electron chi connectivity index (χ0n) is 11.3. The first-order chi connectivity index (χ1) is 8.75. The minimum atomic E-state index is -0.209. The molecule has 3 nitrogen and oxygen atoms in total. The van der Waals surface area contributed by atoms with E-state index in [1.165, 1.54) is 0 Å². The average molecular weight is 328 g/mol. The Balaban J connectivity index is 0.000000576. The van der Waals surface area contributed by atoms with E-state index < -0.39 is 0 Å². The van der Waals surface area contributed by atoms with Crippen LogP contribution in [0, 0.1) is 6.92 Å². The zero-order valence-corrected chi connectivity index (χ0v) is 14.2. The Hall–Kier alpha value is -1.06. The van der Waals surface area contributed by atoms with E-state index in [2.05, 4.69) is 9.97 Å². The SMILES string of the molecule is CC.Cc1c[n-]c(=O)c2cc3ccccc3nc12.[Y]. The van der Waals surface area contributed by atoms with Gasteiger partial charge in [0.25, 0.3) is 0 Å². The molecule has 0 atom stereocenters. The first kappa shape index (κ1) is 16.0. The van der Waals surface area contributed by atoms with Gasteiger partial charge in [-0.05, 0) is 24.6 Å². The Morgan fingerprint density at radius 2 is 1.84 bits per heavy atom. The van der Waals surface area contributed by atoms with Gasteiger partial charge in [-0.2, -0.15) is 6.20 Å². The van der Waals surface area contributed by atoms with Gasteiger partial charge in [-0.3, -0.25) is 0 Å². The van der Waals surface area contributed by atoms with Crippen molar-refractivity contribution in [3.8, 4) is 0 Å². The standard InChI is InChI=1S/C13H10N2O.C2H6.Y/c1-8-7-14-13(16)10-6-9-4-2-3-5-11(9)15-12(8)10;1-2;/h2-7H,1H3,(H,14,15,16);1-2H3;/p-1. The maximum Gasteiger partial charge on any atom is 0.0871 e. The van der Waals surface area contributed by atoms with E-state index in [4.69, 9.17) is 0 Å². The molecule has 0 saturated heterocycles. The molecule has 0 bridgehead atoms. The number of fused-ring (bicyclic) bond motifs is 2. The number of benzene rings is 1. The molecule has 0 fully saturated rings. The summed E-state index contributed by atoms with van der Waals surface area (Å²) in [6.07, 6.45) is 1.58. The molecule has 0 saturated carbocycles. The topological polar surface area (TPSA) is 44.1 Å². The molecule has 0 spiro atoms. The van der Waals surface area contributed by atoms with Crippen molar-refractivity contribution in [2.45, 2.75) is 20.8 Å². The third-order valence-corrected chi connectivity index (χ3v) is 2.70. The molecule has 0 unspecified atom stereocenters. The molecule has 1 radical (unpaired) electrons. The summed E-state index contributed by atoms with van der Waals surface area (Å²) >= 11 is 0. The fourth-order valence-electron chi connectivity index (χ4n) is 1.87. The number of hydrogen-bond acceptors (Lipinski definition) is 2. The second-order valence-electron chi connectivity index (χ2n) is 3.82. The minimum absolute atomic E-state index is 0. The summed E-state index contributed by atoms with van der Waals surface area (Å²) in [7, 11) is 0. The molecule has 2 aromatic heterocycles. The Labute approximate surface area is 137 Å². The van der Waals surface area contributed by atoms with E-state index in [1.807, 2.05) is 51.1 Å². The Kier molecular flexibility index (Phi) is 5.83. The maximum atomic E-state index is 11.6. The smallest absolute Gasteiger partial charge is 0.0871 e. The van der Waals surface area contributed by atoms with Crippen molar-refractivity contribution in [2.75, 3.05) is 0 Å². The summed E-state index contributed by atoms with van der Waals surface area (Å²) in [5, 5.41) is 1.57. The van der Waals surface area contributed by atoms with E-state index in [9.17, 15) is 4.79 Å². The Morgan fingerprint density at radius 3 is 2.58 bits per heavy atom. The summed E-state index contributed by atoms with van der Waals surface area (Å²) < 4.78 is 0. The first-order valence-electron chi connectivity index (χ1n) is 6.08. The summed E-state index contributed by atoms with van der Waals surface area (Å²) in [6.45, 7) is 5.91. The molecular weight excluding hydrogens is 313 g/mol. The largest absolute Gasteiger partial charge is 0.629 e. The average Bonchev–Trinajstić information content (AvgIpc) is 2.44. The van der Waals surface area contributed by atoms with Gasteiger partial charge in [-0.1, -0.05) is 32.0 Å². The van der Waals surface area contributed by atoms with Crippen LogP contribution in [0.1, 0.15) is 19.4 Å². The fourth-order valence-corrected chi connectivity index (χ4v) is 1.87. The van der Waals surface area contributed by atoms with Crippen LogP contribution in [0.4, 0.5) is 0 Å². The molecule has 19 heavy (non-hydrogen) atoms. The zero-order chi connectivity index (χ0) is 13.1. The van der Waals surface area contributed by atoms with Crippen molar-refractivity contribution >= 4 is 21.8 Å². The van der Waals surface area contributed by atoms with Gasteiger partial charge in [0.2, 0.25) is 0 Å². The summed E-state index contributed by atoms with van der Waals surface area (Å²) in [5.41, 5.74) is 2.38. The minimum Gasteiger partial charge on any atom is -0.629 e. The Bertz CT molecular complexity index is 750. The van der Waals surface area contributed by atoms with Crippen LogP contribution in [0.5, 0.6) is 0 Å². The molecule has 2 heterocycles. The van der Waals surface area contributed by atoms with Gasteiger partial charge in [0.05, 0.1) is 16.6 Å². The molecule has 1 aromatic carbocycles. The second-order valence-corrected chi connectivity index (χ2v) is 3.82. The van der Waals surface area contributed by atoms with Gasteiger partial charge in [0.1, 0.15) is 0 Å². The van der Waals surface area contributed by atoms with E-state index in [-0.39, 0.29) is 38.3 Å². The van der Waals surface area contributed by atoms with E-state index in [0.29, 0.717) is 5.39 Å². The Morgan fingerprint density at radius 1 is 1.16 bits per heavy atom. The van der Waals surface area contributed by atoms with Gasteiger partial charge in [-0.25, -0.2) is 4.98 Å². The number of nitrogens with zero attached hydrogens (tertiary/aromatic N) is 2. The molecule has 3 aromatic rings. The van der Waals surface area contributed by atoms with Crippen molar-refractivity contribution < 1.29 is 32.7 Å². The number of hydrogen-bond donors (Lipinski definition) is 0. The van der Waals surface area contributed by atoms with E-state index >= 15 is 0 Å². The van der Waals surface area contributed by atoms with Gasteiger partial charge in [-0.15, -0.1) is 0 Å². The molecule has 95 valence electrons. The van der Waals surface area contributed by atoms with Gasteiger partial charge < -0.3 is 9.78 Å². The molecule has 0 N–H and O–H groups in total. The van der Waals surface area contributed by atoms with Crippen LogP contribution >= 0.6 is 0 Å². The fraction of sp³-hybridized carbons (Fsp3) is 0.200. The predicted octanol–water partition coefficient (Wildman–Crippen LogP) is 3.04. The van der Waals surface area contributed by atoms with Crippen LogP contribution in [0.25, 0.3) is 21.8 Å². The predicted molar refractivity (Wildman–Crippen MR) is 74.9 cm³/mol. The summed E-state index contributed by atoms with van der Waals surface area (Å²) in [5.74, 6) is 0. The third kappa shape index (κ3) is 3.10. The van der Waals surface area contributed by atoms with Crippen LogP contribution < -0.4 is 10.5 Å². The molecular formula is C15H15N2OY-. The number of para-hydroxylation sites is 1. The first-order valence-corrected chi connectivity index (χ1v) is 6.08. The van der Waals surface area contributed by atoms with E-state index in [1.54, 1.807) is 6.20 Å². The quantitative estimate of drug-likeness (QED) is 0.596. The van der Waals surface area contributed by atoms with E-state index in [0.717, 1.165) is 22.0 Å². The van der Waals surface area contributed by atoms with Crippen molar-refractivity contribution in [1.82, 2.24) is 9.97 Å². The monoisotopic (exact) mass is 328 g/mol. The van der Waals surface area contributed by atoms with Crippen LogP contribution in [-0.2, 0) is 32.7 Å². The number of aromatic nitrogens is 2. The van der Waals surface area contributed by atoms with Gasteiger partial charge >= 0.3 is 0 Å². The van der Waals surface area contributed by atoms with Crippen molar-refractivity contribution in [1.29, 1.82) is 0 Å². The van der Waals surface area contributed by atoms with Crippen LogP contribution in [0.15, 0.2) is 41.3 Å². The summed E-state index contributed by atoms with van der Waals surface area (Å²) in [6, 6.07) is 9.63. The molecule has 0 amide bonds. The maximum absolute atomic E-state index is 11.6.